The van der Waals surface area contributed by atoms with Crippen molar-refractivity contribution in [3.8, 4) is 28.7 Å². The number of aliphatic hydroxyl groups excluding tert-OH is 1. The van der Waals surface area contributed by atoms with E-state index < -0.39 is 17.7 Å². The van der Waals surface area contributed by atoms with Gasteiger partial charge in [0.05, 0.1) is 51.7 Å². The summed E-state index contributed by atoms with van der Waals surface area (Å²) in [5.74, 6) is 0.684. The first kappa shape index (κ1) is 28.4. The van der Waals surface area contributed by atoms with Gasteiger partial charge in [0.1, 0.15) is 23.0 Å². The zero-order valence-electron chi connectivity index (χ0n) is 23.2. The van der Waals surface area contributed by atoms with Gasteiger partial charge < -0.3 is 33.7 Å². The molecule has 1 N–H and O–H groups in total. The third-order valence-corrected chi connectivity index (χ3v) is 6.59. The van der Waals surface area contributed by atoms with Crippen LogP contribution in [0.4, 0.5) is 0 Å². The molecule has 0 spiro atoms. The first-order valence-corrected chi connectivity index (χ1v) is 12.9. The van der Waals surface area contributed by atoms with E-state index in [1.807, 2.05) is 13.8 Å². The van der Waals surface area contributed by atoms with Crippen LogP contribution in [-0.2, 0) is 16.1 Å². The van der Waals surface area contributed by atoms with Crippen molar-refractivity contribution < 1.29 is 38.4 Å². The Morgan fingerprint density at radius 2 is 1.45 bits per heavy atom. The van der Waals surface area contributed by atoms with Gasteiger partial charge in [-0.3, -0.25) is 9.59 Å². The van der Waals surface area contributed by atoms with Crippen LogP contribution in [0.15, 0.2) is 66.2 Å². The first-order valence-electron chi connectivity index (χ1n) is 12.9. The van der Waals surface area contributed by atoms with E-state index in [4.69, 9.17) is 23.7 Å². The number of methoxy groups -OCH3 is 3. The van der Waals surface area contributed by atoms with E-state index in [0.717, 1.165) is 0 Å². The molecule has 1 saturated heterocycles. The number of likely N-dealkylation sites (tertiary alicyclic amines) is 1. The smallest absolute Gasteiger partial charge is 0.295 e. The van der Waals surface area contributed by atoms with E-state index in [0.29, 0.717) is 53.1 Å². The predicted molar refractivity (Wildman–Crippen MR) is 149 cm³/mol. The molecule has 1 heterocycles. The molecule has 1 fully saturated rings. The number of rotatable bonds is 11. The fourth-order valence-corrected chi connectivity index (χ4v) is 4.73. The Hall–Kier alpha value is -4.66. The molecule has 3 aromatic rings. The van der Waals surface area contributed by atoms with E-state index in [2.05, 4.69) is 0 Å². The van der Waals surface area contributed by atoms with Crippen molar-refractivity contribution in [3.63, 3.8) is 0 Å². The van der Waals surface area contributed by atoms with Gasteiger partial charge in [-0.1, -0.05) is 18.2 Å². The number of ether oxygens (including phenoxy) is 5. The third kappa shape index (κ3) is 5.54. The summed E-state index contributed by atoms with van der Waals surface area (Å²) in [6.07, 6.45) is 0. The number of carbonyl (C=O) groups excluding carboxylic acids is 2. The number of hydrogen-bond acceptors (Lipinski definition) is 8. The lowest BCUT2D eigenvalue weighted by atomic mass is 9.94. The quantitative estimate of drug-likeness (QED) is 0.200. The van der Waals surface area contributed by atoms with Crippen molar-refractivity contribution in [3.05, 3.63) is 82.9 Å². The van der Waals surface area contributed by atoms with Crippen LogP contribution < -0.4 is 23.7 Å². The van der Waals surface area contributed by atoms with Crippen molar-refractivity contribution in [1.29, 1.82) is 0 Å². The van der Waals surface area contributed by atoms with Gasteiger partial charge in [-0.25, -0.2) is 0 Å². The summed E-state index contributed by atoms with van der Waals surface area (Å²) in [7, 11) is 4.62. The van der Waals surface area contributed by atoms with E-state index in [1.165, 1.54) is 19.1 Å². The summed E-state index contributed by atoms with van der Waals surface area (Å²) < 4.78 is 27.4. The molecular weight excluding hydrogens is 514 g/mol. The van der Waals surface area contributed by atoms with Crippen molar-refractivity contribution in [2.45, 2.75) is 26.4 Å². The molecule has 210 valence electrons. The minimum absolute atomic E-state index is 0.0410. The lowest BCUT2D eigenvalue weighted by Gasteiger charge is -2.26. The molecule has 0 radical (unpaired) electrons. The molecule has 4 rings (SSSR count). The number of Topliss-reactive ketones (excluding diaryl/α,β-unsaturated/α-hetero) is 1. The van der Waals surface area contributed by atoms with Crippen LogP contribution >= 0.6 is 0 Å². The second-order valence-corrected chi connectivity index (χ2v) is 8.91. The molecule has 1 amide bonds. The van der Waals surface area contributed by atoms with Crippen LogP contribution in [0.1, 0.15) is 36.6 Å². The fraction of sp³-hybridized carbons (Fsp3) is 0.290. The number of carbonyl (C=O) groups is 2. The first-order chi connectivity index (χ1) is 19.4. The second kappa shape index (κ2) is 12.5. The van der Waals surface area contributed by atoms with E-state index in [9.17, 15) is 14.7 Å². The van der Waals surface area contributed by atoms with Crippen LogP contribution in [0, 0.1) is 0 Å². The monoisotopic (exact) mass is 547 g/mol. The molecule has 0 saturated carbocycles. The number of hydrogen-bond donors (Lipinski definition) is 1. The molecule has 1 aliphatic rings. The molecule has 40 heavy (non-hydrogen) atoms. The normalized spacial score (nSPS) is 16.1. The third-order valence-electron chi connectivity index (χ3n) is 6.59. The maximum Gasteiger partial charge on any atom is 0.295 e. The summed E-state index contributed by atoms with van der Waals surface area (Å²) in [6.45, 7) is 4.54. The van der Waals surface area contributed by atoms with Crippen molar-refractivity contribution >= 4 is 17.4 Å². The van der Waals surface area contributed by atoms with E-state index in [-0.39, 0.29) is 23.4 Å². The largest absolute Gasteiger partial charge is 0.507 e. The van der Waals surface area contributed by atoms with Gasteiger partial charge in [0.25, 0.3) is 11.7 Å². The highest BCUT2D eigenvalue weighted by molar-refractivity contribution is 6.46. The Bertz CT molecular complexity index is 1410. The van der Waals surface area contributed by atoms with Gasteiger partial charge in [-0.2, -0.15) is 0 Å². The topological polar surface area (TPSA) is 104 Å². The molecule has 1 aliphatic heterocycles. The molecule has 1 atom stereocenters. The zero-order valence-corrected chi connectivity index (χ0v) is 23.2. The molecule has 1 unspecified atom stereocenters. The van der Waals surface area contributed by atoms with Gasteiger partial charge in [0.2, 0.25) is 0 Å². The minimum Gasteiger partial charge on any atom is -0.507 e. The molecule has 0 bridgehead atoms. The van der Waals surface area contributed by atoms with Gasteiger partial charge in [-0.05, 0) is 61.4 Å². The van der Waals surface area contributed by atoms with Gasteiger partial charge >= 0.3 is 0 Å². The highest BCUT2D eigenvalue weighted by atomic mass is 16.5. The summed E-state index contributed by atoms with van der Waals surface area (Å²) in [4.78, 5) is 28.5. The summed E-state index contributed by atoms with van der Waals surface area (Å²) in [5, 5.41) is 11.6. The minimum atomic E-state index is -0.875. The Labute approximate surface area is 233 Å². The number of amides is 1. The summed E-state index contributed by atoms with van der Waals surface area (Å²) in [6, 6.07) is 16.4. The standard InChI is InChI=1S/C31H33NO8/c1-6-39-22-13-14-23(25(17-22)40-7-2)29(33)27-28(20-9-11-21(36-3)12-10-20)32(31(35)30(27)34)18-19-8-15-24(37-4)26(16-19)38-5/h8-17,28,33H,6-7,18H2,1-5H3/b29-27-. The Morgan fingerprint density at radius 1 is 0.775 bits per heavy atom. The molecule has 0 aromatic heterocycles. The molecule has 3 aromatic carbocycles. The van der Waals surface area contributed by atoms with Gasteiger partial charge in [0.15, 0.2) is 11.5 Å². The molecule has 9 nitrogen and oxygen atoms in total. The number of ketones is 1. The van der Waals surface area contributed by atoms with E-state index >= 15 is 0 Å². The lowest BCUT2D eigenvalue weighted by Crippen LogP contribution is -2.29. The second-order valence-electron chi connectivity index (χ2n) is 8.91. The highest BCUT2D eigenvalue weighted by Crippen LogP contribution is 2.43. The van der Waals surface area contributed by atoms with Crippen LogP contribution in [0.2, 0.25) is 0 Å². The van der Waals surface area contributed by atoms with Crippen LogP contribution in [0.25, 0.3) is 5.76 Å². The lowest BCUT2D eigenvalue weighted by molar-refractivity contribution is -0.140. The van der Waals surface area contributed by atoms with Crippen molar-refractivity contribution in [1.82, 2.24) is 4.90 Å². The van der Waals surface area contributed by atoms with Gasteiger partial charge in [-0.15, -0.1) is 0 Å². The van der Waals surface area contributed by atoms with Gasteiger partial charge in [0, 0.05) is 12.6 Å². The molecule has 0 aliphatic carbocycles. The summed E-state index contributed by atoms with van der Waals surface area (Å²) >= 11 is 0. The average Bonchev–Trinajstić information content (AvgIpc) is 3.22. The van der Waals surface area contributed by atoms with Crippen molar-refractivity contribution in [2.24, 2.45) is 0 Å². The SMILES string of the molecule is CCOc1ccc(/C(O)=C2/C(=O)C(=O)N(Cc3ccc(OC)c(OC)c3)C2c2ccc(OC)cc2)c(OCC)c1. The maximum absolute atomic E-state index is 13.5. The molecule has 9 heteroatoms. The fourth-order valence-electron chi connectivity index (χ4n) is 4.73. The van der Waals surface area contributed by atoms with Crippen LogP contribution in [0.5, 0.6) is 28.7 Å². The highest BCUT2D eigenvalue weighted by Gasteiger charge is 2.46. The Balaban J connectivity index is 1.86. The number of aliphatic hydroxyl groups is 1. The Kier molecular flexibility index (Phi) is 8.83. The molecular formula is C31H33NO8. The number of benzene rings is 3. The Morgan fingerprint density at radius 3 is 2.08 bits per heavy atom. The zero-order chi connectivity index (χ0) is 28.8. The van der Waals surface area contributed by atoms with E-state index in [1.54, 1.807) is 67.8 Å². The van der Waals surface area contributed by atoms with Crippen LogP contribution in [0.3, 0.4) is 0 Å². The summed E-state index contributed by atoms with van der Waals surface area (Å²) in [5.41, 5.74) is 1.59. The van der Waals surface area contributed by atoms with Crippen molar-refractivity contribution in [2.75, 3.05) is 34.5 Å². The van der Waals surface area contributed by atoms with Crippen LogP contribution in [-0.4, -0.2) is 56.2 Å². The maximum atomic E-state index is 13.5. The predicted octanol–water partition coefficient (Wildman–Crippen LogP) is 5.13. The average molecular weight is 548 g/mol. The number of nitrogens with zero attached hydrogens (tertiary/aromatic N) is 1.